The number of benzene rings is 4. The van der Waals surface area contributed by atoms with Crippen LogP contribution in [0.15, 0.2) is 108 Å². The summed E-state index contributed by atoms with van der Waals surface area (Å²) in [5.41, 5.74) is 4.10. The van der Waals surface area contributed by atoms with Crippen molar-refractivity contribution in [1.29, 1.82) is 4.78 Å². The number of halogens is 1. The molecule has 2 heterocycles. The number of nitrogens with one attached hydrogen (secondary N) is 2. The number of aryl methyl sites for hydroxylation is 1. The third-order valence-electron chi connectivity index (χ3n) is 10.7. The molecule has 0 saturated carbocycles. The van der Waals surface area contributed by atoms with Crippen molar-refractivity contribution >= 4 is 21.6 Å². The van der Waals surface area contributed by atoms with Gasteiger partial charge in [-0.2, -0.15) is 5.10 Å². The average molecular weight is 690 g/mol. The fourth-order valence-electron chi connectivity index (χ4n) is 8.09. The SMILES string of the molecule is CCC1(C)Cn2ncc(S(=N)(=O)N(C(=O)Nc3c4c(cc5c3C[C@@H](F)C5)CCC4)C(c3ccccc3)(c3ccccc3)c3ccccc3)c2O1. The lowest BCUT2D eigenvalue weighted by Gasteiger charge is -2.45. The highest BCUT2D eigenvalue weighted by Gasteiger charge is 2.52. The molecule has 50 heavy (non-hydrogen) atoms. The molecule has 1 aromatic heterocycles. The van der Waals surface area contributed by atoms with Gasteiger partial charge in [0, 0.05) is 18.5 Å². The molecule has 0 saturated heterocycles. The minimum atomic E-state index is -4.26. The summed E-state index contributed by atoms with van der Waals surface area (Å²) >= 11 is 0. The third kappa shape index (κ3) is 5.02. The van der Waals surface area contributed by atoms with Gasteiger partial charge in [0.05, 0.1) is 12.7 Å². The van der Waals surface area contributed by atoms with E-state index in [1.807, 2.05) is 105 Å². The molecule has 256 valence electrons. The van der Waals surface area contributed by atoms with Gasteiger partial charge >= 0.3 is 6.03 Å². The number of rotatable bonds is 8. The molecular weight excluding hydrogens is 650 g/mol. The van der Waals surface area contributed by atoms with Gasteiger partial charge in [-0.05, 0) is 71.6 Å². The van der Waals surface area contributed by atoms with Crippen LogP contribution < -0.4 is 10.1 Å². The number of carbonyl (C=O) groups excluding carboxylic acids is 1. The van der Waals surface area contributed by atoms with E-state index in [0.717, 1.165) is 41.5 Å². The van der Waals surface area contributed by atoms with Crippen LogP contribution in [0.3, 0.4) is 0 Å². The Kier molecular flexibility index (Phi) is 7.82. The molecule has 3 aliphatic rings. The van der Waals surface area contributed by atoms with E-state index in [1.54, 1.807) is 4.68 Å². The first-order valence-electron chi connectivity index (χ1n) is 17.3. The minimum absolute atomic E-state index is 0.0179. The quantitative estimate of drug-likeness (QED) is 0.160. The van der Waals surface area contributed by atoms with E-state index in [9.17, 15) is 4.78 Å². The number of alkyl halides is 1. The van der Waals surface area contributed by atoms with Crippen molar-refractivity contribution in [2.75, 3.05) is 5.32 Å². The summed E-state index contributed by atoms with van der Waals surface area (Å²) in [6.07, 6.45) is 4.03. The minimum Gasteiger partial charge on any atom is -0.469 e. The van der Waals surface area contributed by atoms with Crippen LogP contribution in [-0.4, -0.2) is 36.1 Å². The van der Waals surface area contributed by atoms with Gasteiger partial charge in [-0.15, -0.1) is 0 Å². The maximum Gasteiger partial charge on any atom is 0.336 e. The van der Waals surface area contributed by atoms with Crippen molar-refractivity contribution in [3.63, 3.8) is 0 Å². The molecule has 2 N–H and O–H groups in total. The molecule has 5 aromatic rings. The number of fused-ring (bicyclic) bond motifs is 3. The molecule has 8 rings (SSSR count). The van der Waals surface area contributed by atoms with E-state index in [2.05, 4.69) is 16.5 Å². The van der Waals surface area contributed by atoms with Crippen molar-refractivity contribution in [2.24, 2.45) is 0 Å². The van der Waals surface area contributed by atoms with Gasteiger partial charge in [0.25, 0.3) is 0 Å². The van der Waals surface area contributed by atoms with Crippen LogP contribution in [0.2, 0.25) is 0 Å². The number of amides is 2. The summed E-state index contributed by atoms with van der Waals surface area (Å²) in [7, 11) is -4.26. The first kappa shape index (κ1) is 32.3. The largest absolute Gasteiger partial charge is 0.469 e. The normalized spacial score (nSPS) is 20.3. The van der Waals surface area contributed by atoms with Crippen LogP contribution in [0.25, 0.3) is 0 Å². The van der Waals surface area contributed by atoms with Gasteiger partial charge in [0.1, 0.15) is 22.2 Å². The van der Waals surface area contributed by atoms with E-state index >= 15 is 13.4 Å². The summed E-state index contributed by atoms with van der Waals surface area (Å²) in [5.74, 6) is 0.219. The number of nitrogens with zero attached hydrogens (tertiary/aromatic N) is 3. The number of hydrogen-bond acceptors (Lipinski definition) is 5. The maximum absolute atomic E-state index is 15.9. The van der Waals surface area contributed by atoms with Gasteiger partial charge in [-0.3, -0.25) is 0 Å². The number of hydrogen-bond donors (Lipinski definition) is 2. The first-order valence-corrected chi connectivity index (χ1v) is 18.8. The maximum atomic E-state index is 15.9. The van der Waals surface area contributed by atoms with E-state index in [-0.39, 0.29) is 17.2 Å². The fourth-order valence-corrected chi connectivity index (χ4v) is 9.84. The van der Waals surface area contributed by atoms with Crippen LogP contribution in [0.4, 0.5) is 14.9 Å². The van der Waals surface area contributed by atoms with Crippen LogP contribution in [0.1, 0.15) is 65.6 Å². The fraction of sp³-hybridized carbons (Fsp3) is 0.300. The number of carbonyl (C=O) groups is 1. The first-order chi connectivity index (χ1) is 24.2. The third-order valence-corrected chi connectivity index (χ3v) is 12.5. The number of ether oxygens (including phenoxy) is 1. The van der Waals surface area contributed by atoms with Crippen LogP contribution >= 0.6 is 0 Å². The van der Waals surface area contributed by atoms with E-state index in [1.165, 1.54) is 10.5 Å². The molecule has 0 fully saturated rings. The summed E-state index contributed by atoms with van der Waals surface area (Å²) in [5, 5.41) is 7.72. The number of aromatic nitrogens is 2. The summed E-state index contributed by atoms with van der Waals surface area (Å²) in [6, 6.07) is 29.7. The Morgan fingerprint density at radius 3 is 2.16 bits per heavy atom. The second kappa shape index (κ2) is 12.1. The number of urea groups is 1. The van der Waals surface area contributed by atoms with Gasteiger partial charge < -0.3 is 10.1 Å². The standard InChI is InChI=1S/C40H40FN5O3S/c1-3-39(2)26-45-37(49-39)35(25-43-45)50(42,48)46(38(47)44-36-33-21-13-14-27(33)22-28-23-32(41)24-34(28)36)40(29-15-7-4-8-16-29,30-17-9-5-10-18-30)31-19-11-6-12-20-31/h4-12,15-20,22,25,32,42H,3,13-14,21,23-24,26H2,1-2H3,(H,44,47)/t32-,39?,50?/m0/s1. The van der Waals surface area contributed by atoms with E-state index in [0.29, 0.717) is 41.8 Å². The highest BCUT2D eigenvalue weighted by Crippen LogP contribution is 2.49. The molecule has 3 atom stereocenters. The molecule has 0 bridgehead atoms. The van der Waals surface area contributed by atoms with Gasteiger partial charge in [-0.25, -0.2) is 27.2 Å². The summed E-state index contributed by atoms with van der Waals surface area (Å²) < 4.78 is 50.1. The Bertz CT molecular complexity index is 2090. The second-order valence-electron chi connectivity index (χ2n) is 13.8. The van der Waals surface area contributed by atoms with Gasteiger partial charge in [0.15, 0.2) is 9.92 Å². The monoisotopic (exact) mass is 689 g/mol. The smallest absolute Gasteiger partial charge is 0.336 e. The topological polar surface area (TPSA) is 100 Å². The Morgan fingerprint density at radius 1 is 0.980 bits per heavy atom. The van der Waals surface area contributed by atoms with Crippen molar-refractivity contribution in [1.82, 2.24) is 14.1 Å². The lowest BCUT2D eigenvalue weighted by molar-refractivity contribution is 0.105. The molecule has 2 aliphatic carbocycles. The molecule has 2 unspecified atom stereocenters. The zero-order chi connectivity index (χ0) is 34.7. The predicted octanol–water partition coefficient (Wildman–Crippen LogP) is 8.22. The Morgan fingerprint density at radius 2 is 1.58 bits per heavy atom. The molecule has 2 amide bonds. The Hall–Kier alpha value is -4.96. The average Bonchev–Trinajstić information content (AvgIpc) is 3.91. The van der Waals surface area contributed by atoms with Crippen LogP contribution in [0.5, 0.6) is 5.88 Å². The van der Waals surface area contributed by atoms with E-state index < -0.39 is 33.3 Å². The molecular formula is C40H40FN5O3S. The second-order valence-corrected chi connectivity index (χ2v) is 15.7. The van der Waals surface area contributed by atoms with Gasteiger partial charge in [0.2, 0.25) is 5.88 Å². The summed E-state index contributed by atoms with van der Waals surface area (Å²) in [4.78, 5) is 15.6. The molecule has 4 aromatic carbocycles. The highest BCUT2D eigenvalue weighted by molar-refractivity contribution is 7.90. The van der Waals surface area contributed by atoms with Gasteiger partial charge in [-0.1, -0.05) is 104 Å². The predicted molar refractivity (Wildman–Crippen MR) is 192 cm³/mol. The zero-order valence-electron chi connectivity index (χ0n) is 28.2. The lowest BCUT2D eigenvalue weighted by atomic mass is 9.77. The molecule has 10 heteroatoms. The Balaban J connectivity index is 1.41. The van der Waals surface area contributed by atoms with Crippen LogP contribution in [-0.2, 0) is 47.7 Å². The lowest BCUT2D eigenvalue weighted by Crippen LogP contribution is -2.55. The Labute approximate surface area is 292 Å². The zero-order valence-corrected chi connectivity index (χ0v) is 29.0. The van der Waals surface area contributed by atoms with Crippen molar-refractivity contribution in [3.05, 3.63) is 142 Å². The summed E-state index contributed by atoms with van der Waals surface area (Å²) in [6.45, 7) is 4.39. The van der Waals surface area contributed by atoms with Crippen LogP contribution in [0, 0.1) is 4.78 Å². The molecule has 0 radical (unpaired) electrons. The molecule has 1 aliphatic heterocycles. The van der Waals surface area contributed by atoms with Crippen molar-refractivity contribution in [2.45, 2.75) is 81.1 Å². The van der Waals surface area contributed by atoms with Crippen molar-refractivity contribution in [3.8, 4) is 5.88 Å². The van der Waals surface area contributed by atoms with Crippen molar-refractivity contribution < 1.29 is 18.1 Å². The highest BCUT2D eigenvalue weighted by atomic mass is 32.2. The molecule has 8 nitrogen and oxygen atoms in total. The van der Waals surface area contributed by atoms with E-state index in [4.69, 9.17) is 4.74 Å². The molecule has 0 spiro atoms. The number of anilines is 1.